The van der Waals surface area contributed by atoms with E-state index in [4.69, 9.17) is 10.5 Å². The second-order valence-corrected chi connectivity index (χ2v) is 5.00. The van der Waals surface area contributed by atoms with E-state index in [1.807, 2.05) is 13.0 Å². The summed E-state index contributed by atoms with van der Waals surface area (Å²) < 4.78 is 5.47. The van der Waals surface area contributed by atoms with Gasteiger partial charge in [-0.05, 0) is 49.9 Å². The highest BCUT2D eigenvalue weighted by Crippen LogP contribution is 2.34. The van der Waals surface area contributed by atoms with Gasteiger partial charge in [0.15, 0.2) is 0 Å². The number of hydrogen-bond donors (Lipinski definition) is 2. The van der Waals surface area contributed by atoms with Crippen LogP contribution >= 0.6 is 0 Å². The van der Waals surface area contributed by atoms with E-state index in [0.29, 0.717) is 17.8 Å². The third kappa shape index (κ3) is 2.48. The molecule has 0 unspecified atom stereocenters. The van der Waals surface area contributed by atoms with Crippen LogP contribution in [0.5, 0.6) is 0 Å². The lowest BCUT2D eigenvalue weighted by Crippen LogP contribution is -2.49. The van der Waals surface area contributed by atoms with Gasteiger partial charge in [-0.3, -0.25) is 4.79 Å². The van der Waals surface area contributed by atoms with Crippen molar-refractivity contribution in [3.63, 3.8) is 0 Å². The van der Waals surface area contributed by atoms with Gasteiger partial charge >= 0.3 is 0 Å². The van der Waals surface area contributed by atoms with Crippen molar-refractivity contribution in [2.75, 3.05) is 19.4 Å². The summed E-state index contributed by atoms with van der Waals surface area (Å²) in [5, 5.41) is 2.95. The number of ether oxygens (including phenoxy) is 1. The fourth-order valence-electron chi connectivity index (χ4n) is 2.30. The van der Waals surface area contributed by atoms with E-state index in [9.17, 15) is 4.79 Å². The van der Waals surface area contributed by atoms with E-state index in [1.165, 1.54) is 6.42 Å². The molecule has 1 aromatic carbocycles. The molecule has 98 valence electrons. The van der Waals surface area contributed by atoms with Crippen LogP contribution in [0.2, 0.25) is 0 Å². The van der Waals surface area contributed by atoms with E-state index in [-0.39, 0.29) is 11.5 Å². The molecule has 0 aromatic heterocycles. The van der Waals surface area contributed by atoms with Crippen LogP contribution in [0, 0.1) is 6.92 Å². The maximum absolute atomic E-state index is 12.1. The number of anilines is 1. The van der Waals surface area contributed by atoms with Crippen molar-refractivity contribution in [3.8, 4) is 0 Å². The third-order valence-corrected chi connectivity index (χ3v) is 3.76. The molecule has 0 saturated heterocycles. The fourth-order valence-corrected chi connectivity index (χ4v) is 2.30. The van der Waals surface area contributed by atoms with Crippen LogP contribution in [-0.4, -0.2) is 25.2 Å². The number of rotatable bonds is 4. The van der Waals surface area contributed by atoms with Gasteiger partial charge < -0.3 is 15.8 Å². The molecule has 0 radical (unpaired) electrons. The SMILES string of the molecule is COC1(CNC(=O)c2ccc(N)cc2C)CCC1. The Bertz CT molecular complexity index is 448. The summed E-state index contributed by atoms with van der Waals surface area (Å²) in [7, 11) is 1.71. The summed E-state index contributed by atoms with van der Waals surface area (Å²) in [5.41, 5.74) is 7.78. The first-order valence-electron chi connectivity index (χ1n) is 6.26. The summed E-state index contributed by atoms with van der Waals surface area (Å²) in [6, 6.07) is 5.32. The van der Waals surface area contributed by atoms with Crippen LogP contribution < -0.4 is 11.1 Å². The van der Waals surface area contributed by atoms with Crippen molar-refractivity contribution in [1.82, 2.24) is 5.32 Å². The molecule has 1 amide bonds. The average molecular weight is 248 g/mol. The second-order valence-electron chi connectivity index (χ2n) is 5.00. The van der Waals surface area contributed by atoms with Crippen molar-refractivity contribution < 1.29 is 9.53 Å². The number of hydrogen-bond acceptors (Lipinski definition) is 3. The molecule has 0 heterocycles. The lowest BCUT2D eigenvalue weighted by Gasteiger charge is -2.40. The Morgan fingerprint density at radius 3 is 2.72 bits per heavy atom. The van der Waals surface area contributed by atoms with E-state index in [1.54, 1.807) is 19.2 Å². The minimum Gasteiger partial charge on any atom is -0.399 e. The van der Waals surface area contributed by atoms with Crippen LogP contribution in [0.1, 0.15) is 35.2 Å². The molecule has 18 heavy (non-hydrogen) atoms. The average Bonchev–Trinajstić information content (AvgIpc) is 2.27. The first-order valence-corrected chi connectivity index (χ1v) is 6.26. The predicted molar refractivity (Wildman–Crippen MR) is 71.5 cm³/mol. The van der Waals surface area contributed by atoms with Gasteiger partial charge in [0.2, 0.25) is 0 Å². The number of benzene rings is 1. The number of aryl methyl sites for hydroxylation is 1. The zero-order valence-corrected chi connectivity index (χ0v) is 11.0. The molecule has 4 nitrogen and oxygen atoms in total. The maximum Gasteiger partial charge on any atom is 0.251 e. The molecule has 3 N–H and O–H groups in total. The summed E-state index contributed by atoms with van der Waals surface area (Å²) >= 11 is 0. The Morgan fingerprint density at radius 1 is 1.50 bits per heavy atom. The number of methoxy groups -OCH3 is 1. The molecule has 0 atom stereocenters. The number of nitrogens with two attached hydrogens (primary N) is 1. The lowest BCUT2D eigenvalue weighted by atomic mass is 9.80. The van der Waals surface area contributed by atoms with Crippen molar-refractivity contribution >= 4 is 11.6 Å². The molecule has 1 aliphatic carbocycles. The summed E-state index contributed by atoms with van der Waals surface area (Å²) in [6.07, 6.45) is 3.21. The van der Waals surface area contributed by atoms with Gasteiger partial charge in [0.05, 0.1) is 5.60 Å². The molecule has 1 aliphatic rings. The Morgan fingerprint density at radius 2 is 2.22 bits per heavy atom. The first kappa shape index (κ1) is 12.9. The zero-order valence-electron chi connectivity index (χ0n) is 11.0. The van der Waals surface area contributed by atoms with Crippen molar-refractivity contribution in [1.29, 1.82) is 0 Å². The number of nitrogens with one attached hydrogen (secondary N) is 1. The van der Waals surface area contributed by atoms with E-state index >= 15 is 0 Å². The number of amides is 1. The van der Waals surface area contributed by atoms with Gasteiger partial charge in [0, 0.05) is 24.9 Å². The van der Waals surface area contributed by atoms with Crippen LogP contribution in [0.3, 0.4) is 0 Å². The lowest BCUT2D eigenvalue weighted by molar-refractivity contribution is -0.0679. The third-order valence-electron chi connectivity index (χ3n) is 3.76. The Balaban J connectivity index is 1.99. The minimum absolute atomic E-state index is 0.0594. The maximum atomic E-state index is 12.1. The quantitative estimate of drug-likeness (QED) is 0.800. The number of nitrogen functional groups attached to an aromatic ring is 1. The number of carbonyl (C=O) groups excluding carboxylic acids is 1. The van der Waals surface area contributed by atoms with Crippen molar-refractivity contribution in [3.05, 3.63) is 29.3 Å². The fraction of sp³-hybridized carbons (Fsp3) is 0.500. The highest BCUT2D eigenvalue weighted by Gasteiger charge is 2.37. The summed E-state index contributed by atoms with van der Waals surface area (Å²) in [6.45, 7) is 2.47. The van der Waals surface area contributed by atoms with Gasteiger partial charge in [-0.15, -0.1) is 0 Å². The largest absolute Gasteiger partial charge is 0.399 e. The van der Waals surface area contributed by atoms with Gasteiger partial charge in [-0.25, -0.2) is 0 Å². The van der Waals surface area contributed by atoms with Crippen molar-refractivity contribution in [2.24, 2.45) is 0 Å². The van der Waals surface area contributed by atoms with Crippen LogP contribution in [-0.2, 0) is 4.74 Å². The van der Waals surface area contributed by atoms with Gasteiger partial charge in [0.25, 0.3) is 5.91 Å². The standard InChI is InChI=1S/C14H20N2O2/c1-10-8-11(15)4-5-12(10)13(17)16-9-14(18-2)6-3-7-14/h4-5,8H,3,6-7,9,15H2,1-2H3,(H,16,17). The predicted octanol–water partition coefficient (Wildman–Crippen LogP) is 1.88. The van der Waals surface area contributed by atoms with Crippen LogP contribution in [0.25, 0.3) is 0 Å². The highest BCUT2D eigenvalue weighted by molar-refractivity contribution is 5.96. The normalized spacial score (nSPS) is 17.0. The minimum atomic E-state index is -0.141. The molecule has 4 heteroatoms. The van der Waals surface area contributed by atoms with Crippen molar-refractivity contribution in [2.45, 2.75) is 31.8 Å². The Labute approximate surface area is 108 Å². The monoisotopic (exact) mass is 248 g/mol. The molecule has 1 saturated carbocycles. The molecule has 0 aliphatic heterocycles. The Hall–Kier alpha value is -1.55. The molecule has 1 aromatic rings. The van der Waals surface area contributed by atoms with Crippen LogP contribution in [0.15, 0.2) is 18.2 Å². The van der Waals surface area contributed by atoms with Crippen LogP contribution in [0.4, 0.5) is 5.69 Å². The molecular formula is C14H20N2O2. The van der Waals surface area contributed by atoms with E-state index in [0.717, 1.165) is 18.4 Å². The zero-order chi connectivity index (χ0) is 13.2. The first-order chi connectivity index (χ1) is 8.56. The van der Waals surface area contributed by atoms with Gasteiger partial charge in [-0.1, -0.05) is 0 Å². The molecule has 0 spiro atoms. The topological polar surface area (TPSA) is 64.3 Å². The molecule has 0 bridgehead atoms. The summed E-state index contributed by atoms with van der Waals surface area (Å²) in [4.78, 5) is 12.1. The number of carbonyl (C=O) groups is 1. The highest BCUT2D eigenvalue weighted by atomic mass is 16.5. The van der Waals surface area contributed by atoms with E-state index < -0.39 is 0 Å². The van der Waals surface area contributed by atoms with Gasteiger partial charge in [0.1, 0.15) is 0 Å². The Kier molecular flexibility index (Phi) is 3.57. The molecular weight excluding hydrogens is 228 g/mol. The molecule has 1 fully saturated rings. The molecule has 2 rings (SSSR count). The smallest absolute Gasteiger partial charge is 0.251 e. The van der Waals surface area contributed by atoms with E-state index in [2.05, 4.69) is 5.32 Å². The second kappa shape index (κ2) is 4.98. The van der Waals surface area contributed by atoms with Gasteiger partial charge in [-0.2, -0.15) is 0 Å². The summed E-state index contributed by atoms with van der Waals surface area (Å²) in [5.74, 6) is -0.0594.